The summed E-state index contributed by atoms with van der Waals surface area (Å²) in [5.41, 5.74) is 1.49. The number of rotatable bonds is 8. The fourth-order valence-corrected chi connectivity index (χ4v) is 4.08. The molecule has 7 heteroatoms. The molecule has 7 nitrogen and oxygen atoms in total. The highest BCUT2D eigenvalue weighted by Gasteiger charge is 2.52. The molecule has 1 aliphatic heterocycles. The van der Waals surface area contributed by atoms with E-state index in [1.165, 1.54) is 6.92 Å². The Morgan fingerprint density at radius 1 is 0.853 bits per heavy atom. The average Bonchev–Trinajstić information content (AvgIpc) is 3.09. The number of ketones is 1. The second kappa shape index (κ2) is 9.70. The number of carbonyl (C=O) groups excluding carboxylic acids is 4. The molecule has 1 aliphatic rings. The zero-order chi connectivity index (χ0) is 24.1. The van der Waals surface area contributed by atoms with Crippen molar-refractivity contribution < 1.29 is 19.2 Å². The Hall–Kier alpha value is -4.26. The maximum atomic E-state index is 13.7. The van der Waals surface area contributed by atoms with Crippen molar-refractivity contribution in [2.75, 3.05) is 6.54 Å². The Bertz CT molecular complexity index is 1210. The standard InChI is InChI=1S/C27H25N3O4/c1-19(31)28-17-21-12-14-22(15-13-21)24(32)18-30-25(33)27(29-26(30)34,23-10-6-3-7-11-23)16-20-8-4-2-5-9-20/h2-15H,16-18H2,1H3,(H,28,31)(H,29,34). The predicted octanol–water partition coefficient (Wildman–Crippen LogP) is 3.20. The molecule has 1 heterocycles. The Morgan fingerprint density at radius 2 is 1.47 bits per heavy atom. The molecule has 0 aliphatic carbocycles. The van der Waals surface area contributed by atoms with Crippen LogP contribution in [-0.4, -0.2) is 35.1 Å². The molecular formula is C27H25N3O4. The van der Waals surface area contributed by atoms with Crippen molar-refractivity contribution in [2.45, 2.75) is 25.4 Å². The van der Waals surface area contributed by atoms with Gasteiger partial charge < -0.3 is 10.6 Å². The van der Waals surface area contributed by atoms with Gasteiger partial charge in [0.05, 0.1) is 6.54 Å². The minimum Gasteiger partial charge on any atom is -0.352 e. The first kappa shape index (κ1) is 22.9. The second-order valence-electron chi connectivity index (χ2n) is 8.29. The van der Waals surface area contributed by atoms with Crippen molar-refractivity contribution >= 4 is 23.6 Å². The SMILES string of the molecule is CC(=O)NCc1ccc(C(=O)CN2C(=O)NC(Cc3ccccc3)(c3ccccc3)C2=O)cc1. The first-order valence-electron chi connectivity index (χ1n) is 11.0. The van der Waals surface area contributed by atoms with Crippen LogP contribution in [0.5, 0.6) is 0 Å². The third-order valence-electron chi connectivity index (χ3n) is 5.87. The third-order valence-corrected chi connectivity index (χ3v) is 5.87. The fraction of sp³-hybridized carbons (Fsp3) is 0.185. The summed E-state index contributed by atoms with van der Waals surface area (Å²) in [4.78, 5) is 51.6. The van der Waals surface area contributed by atoms with Crippen LogP contribution in [0.1, 0.15) is 34.0 Å². The highest BCUT2D eigenvalue weighted by atomic mass is 16.2. The molecule has 1 fully saturated rings. The topological polar surface area (TPSA) is 95.6 Å². The van der Waals surface area contributed by atoms with E-state index in [4.69, 9.17) is 0 Å². The molecule has 0 spiro atoms. The van der Waals surface area contributed by atoms with Crippen LogP contribution in [0.3, 0.4) is 0 Å². The van der Waals surface area contributed by atoms with Gasteiger partial charge in [0, 0.05) is 25.5 Å². The highest BCUT2D eigenvalue weighted by molar-refractivity contribution is 6.11. The van der Waals surface area contributed by atoms with E-state index in [-0.39, 0.29) is 24.7 Å². The number of Topliss-reactive ketones (excluding diaryl/α,β-unsaturated/α-hetero) is 1. The molecule has 4 amide bonds. The summed E-state index contributed by atoms with van der Waals surface area (Å²) < 4.78 is 0. The van der Waals surface area contributed by atoms with Gasteiger partial charge in [0.25, 0.3) is 5.91 Å². The van der Waals surface area contributed by atoms with Crippen LogP contribution >= 0.6 is 0 Å². The van der Waals surface area contributed by atoms with Crippen LogP contribution in [0.4, 0.5) is 4.79 Å². The quantitative estimate of drug-likeness (QED) is 0.403. The summed E-state index contributed by atoms with van der Waals surface area (Å²) >= 11 is 0. The van der Waals surface area contributed by atoms with Crippen molar-refractivity contribution in [3.8, 4) is 0 Å². The summed E-state index contributed by atoms with van der Waals surface area (Å²) in [5, 5.41) is 5.57. The van der Waals surface area contributed by atoms with E-state index in [1.54, 1.807) is 36.4 Å². The van der Waals surface area contributed by atoms with Crippen molar-refractivity contribution in [1.82, 2.24) is 15.5 Å². The van der Waals surface area contributed by atoms with E-state index in [0.29, 0.717) is 17.7 Å². The lowest BCUT2D eigenvalue weighted by Gasteiger charge is -2.27. The molecule has 0 aromatic heterocycles. The summed E-state index contributed by atoms with van der Waals surface area (Å²) in [6.07, 6.45) is 0.269. The van der Waals surface area contributed by atoms with Crippen molar-refractivity contribution in [2.24, 2.45) is 0 Å². The van der Waals surface area contributed by atoms with Crippen molar-refractivity contribution in [3.05, 3.63) is 107 Å². The molecule has 1 unspecified atom stereocenters. The van der Waals surface area contributed by atoms with Crippen LogP contribution < -0.4 is 10.6 Å². The monoisotopic (exact) mass is 455 g/mol. The lowest BCUT2D eigenvalue weighted by molar-refractivity contribution is -0.131. The van der Waals surface area contributed by atoms with Gasteiger partial charge in [-0.25, -0.2) is 4.79 Å². The van der Waals surface area contributed by atoms with E-state index >= 15 is 0 Å². The van der Waals surface area contributed by atoms with E-state index in [9.17, 15) is 19.2 Å². The van der Waals surface area contributed by atoms with Gasteiger partial charge >= 0.3 is 6.03 Å². The van der Waals surface area contributed by atoms with Crippen LogP contribution in [0.2, 0.25) is 0 Å². The summed E-state index contributed by atoms with van der Waals surface area (Å²) in [5.74, 6) is -0.947. The second-order valence-corrected chi connectivity index (χ2v) is 8.29. The van der Waals surface area contributed by atoms with Gasteiger partial charge in [-0.05, 0) is 16.7 Å². The number of amides is 4. The summed E-state index contributed by atoms with van der Waals surface area (Å²) in [6, 6.07) is 24.7. The van der Waals surface area contributed by atoms with Gasteiger partial charge in [0.2, 0.25) is 5.91 Å². The minimum atomic E-state index is -1.29. The van der Waals surface area contributed by atoms with Gasteiger partial charge in [-0.2, -0.15) is 0 Å². The number of nitrogens with zero attached hydrogens (tertiary/aromatic N) is 1. The molecule has 1 atom stereocenters. The number of urea groups is 1. The van der Waals surface area contributed by atoms with Gasteiger partial charge in [-0.3, -0.25) is 19.3 Å². The van der Waals surface area contributed by atoms with Gasteiger partial charge in [-0.1, -0.05) is 84.9 Å². The molecule has 0 bridgehead atoms. The number of carbonyl (C=O) groups is 4. The van der Waals surface area contributed by atoms with Gasteiger partial charge in [-0.15, -0.1) is 0 Å². The number of hydrogen-bond acceptors (Lipinski definition) is 4. The molecule has 0 radical (unpaired) electrons. The largest absolute Gasteiger partial charge is 0.352 e. The van der Waals surface area contributed by atoms with Gasteiger partial charge in [0.1, 0.15) is 0 Å². The predicted molar refractivity (Wildman–Crippen MR) is 127 cm³/mol. The lowest BCUT2D eigenvalue weighted by Crippen LogP contribution is -2.46. The lowest BCUT2D eigenvalue weighted by atomic mass is 9.83. The van der Waals surface area contributed by atoms with E-state index in [1.807, 2.05) is 48.5 Å². The molecule has 172 valence electrons. The smallest absolute Gasteiger partial charge is 0.325 e. The van der Waals surface area contributed by atoms with Crippen LogP contribution in [-0.2, 0) is 28.1 Å². The Morgan fingerprint density at radius 3 is 2.09 bits per heavy atom. The molecule has 1 saturated heterocycles. The minimum absolute atomic E-state index is 0.142. The first-order chi connectivity index (χ1) is 16.4. The zero-order valence-corrected chi connectivity index (χ0v) is 18.8. The first-order valence-corrected chi connectivity index (χ1v) is 11.0. The number of benzene rings is 3. The van der Waals surface area contributed by atoms with Crippen LogP contribution in [0.25, 0.3) is 0 Å². The van der Waals surface area contributed by atoms with Gasteiger partial charge in [0.15, 0.2) is 11.3 Å². The molecule has 3 aromatic carbocycles. The molecule has 4 rings (SSSR count). The molecule has 0 saturated carbocycles. The van der Waals surface area contributed by atoms with Crippen LogP contribution in [0, 0.1) is 0 Å². The normalized spacial score (nSPS) is 17.4. The molecule has 2 N–H and O–H groups in total. The molecule has 34 heavy (non-hydrogen) atoms. The van der Waals surface area contributed by atoms with Crippen LogP contribution in [0.15, 0.2) is 84.9 Å². The van der Waals surface area contributed by atoms with E-state index < -0.39 is 17.5 Å². The Labute approximate surface area is 197 Å². The maximum absolute atomic E-state index is 13.7. The third kappa shape index (κ3) is 4.73. The number of nitrogens with one attached hydrogen (secondary N) is 2. The zero-order valence-electron chi connectivity index (χ0n) is 18.8. The molecule has 3 aromatic rings. The fourth-order valence-electron chi connectivity index (χ4n) is 4.08. The van der Waals surface area contributed by atoms with Crippen molar-refractivity contribution in [3.63, 3.8) is 0 Å². The summed E-state index contributed by atoms with van der Waals surface area (Å²) in [6.45, 7) is 1.43. The highest BCUT2D eigenvalue weighted by Crippen LogP contribution is 2.33. The maximum Gasteiger partial charge on any atom is 0.325 e. The van der Waals surface area contributed by atoms with E-state index in [2.05, 4.69) is 10.6 Å². The molecular weight excluding hydrogens is 430 g/mol. The average molecular weight is 456 g/mol. The number of imide groups is 1. The van der Waals surface area contributed by atoms with E-state index in [0.717, 1.165) is 16.0 Å². The Balaban J connectivity index is 1.56. The summed E-state index contributed by atoms with van der Waals surface area (Å²) in [7, 11) is 0. The van der Waals surface area contributed by atoms with Crippen molar-refractivity contribution in [1.29, 1.82) is 0 Å². The Kier molecular flexibility index (Phi) is 6.54. The number of hydrogen-bond donors (Lipinski definition) is 2.